The molecule has 0 saturated carbocycles. The fraction of sp³-hybridized carbons (Fsp3) is 0.286. The van der Waals surface area contributed by atoms with Crippen molar-refractivity contribution in [1.29, 1.82) is 0 Å². The number of nitrogens with two attached hydrogens (primary N) is 1. The molecule has 1 aromatic heterocycles. The number of pyridine rings is 1. The lowest BCUT2D eigenvalue weighted by Gasteiger charge is -2.17. The van der Waals surface area contributed by atoms with E-state index in [0.29, 0.717) is 16.5 Å². The number of aromatic nitrogens is 1. The van der Waals surface area contributed by atoms with Gasteiger partial charge < -0.3 is 20.9 Å². The van der Waals surface area contributed by atoms with Crippen LogP contribution in [-0.2, 0) is 4.79 Å². The number of aryl methyl sites for hydroxylation is 1. The van der Waals surface area contributed by atoms with Crippen LogP contribution in [0.3, 0.4) is 0 Å². The van der Waals surface area contributed by atoms with E-state index in [1.165, 1.54) is 12.1 Å². The summed E-state index contributed by atoms with van der Waals surface area (Å²) < 4.78 is 0. The average molecular weight is 276 g/mol. The standard InChI is InChI=1S/C14H16N2O4/c1-7-4-11(17)9-5-8(2-3-10(9)16-7)14(20)12(18)6-13(15)19/h2-5,12,14,18,20H,6H2,1H3,(H2,15,19)(H,16,17). The quantitative estimate of drug-likeness (QED) is 0.634. The number of aliphatic hydroxyl groups excluding tert-OH is 2. The van der Waals surface area contributed by atoms with Gasteiger partial charge in [-0.25, -0.2) is 0 Å². The summed E-state index contributed by atoms with van der Waals surface area (Å²) in [6, 6.07) is 6.20. The summed E-state index contributed by atoms with van der Waals surface area (Å²) in [5, 5.41) is 20.1. The van der Waals surface area contributed by atoms with Gasteiger partial charge >= 0.3 is 0 Å². The van der Waals surface area contributed by atoms with Crippen molar-refractivity contribution in [2.45, 2.75) is 25.6 Å². The summed E-state index contributed by atoms with van der Waals surface area (Å²) in [5.41, 5.74) is 6.55. The van der Waals surface area contributed by atoms with Crippen LogP contribution in [0.4, 0.5) is 0 Å². The predicted molar refractivity (Wildman–Crippen MR) is 74.1 cm³/mol. The van der Waals surface area contributed by atoms with Crippen molar-refractivity contribution in [1.82, 2.24) is 4.98 Å². The van der Waals surface area contributed by atoms with E-state index in [-0.39, 0.29) is 11.8 Å². The molecule has 1 heterocycles. The number of nitrogens with one attached hydrogen (secondary N) is 1. The van der Waals surface area contributed by atoms with E-state index in [0.717, 1.165) is 5.69 Å². The van der Waals surface area contributed by atoms with Crippen LogP contribution in [0.25, 0.3) is 10.9 Å². The molecule has 2 unspecified atom stereocenters. The molecule has 0 radical (unpaired) electrons. The lowest BCUT2D eigenvalue weighted by atomic mass is 10.00. The van der Waals surface area contributed by atoms with Crippen molar-refractivity contribution in [2.24, 2.45) is 5.73 Å². The molecule has 0 aliphatic heterocycles. The minimum absolute atomic E-state index is 0.172. The Kier molecular flexibility index (Phi) is 3.87. The van der Waals surface area contributed by atoms with Crippen LogP contribution in [0.5, 0.6) is 0 Å². The molecule has 0 bridgehead atoms. The molecule has 2 atom stereocenters. The second-order valence-electron chi connectivity index (χ2n) is 4.80. The Morgan fingerprint density at radius 1 is 1.35 bits per heavy atom. The topological polar surface area (TPSA) is 116 Å². The number of carbonyl (C=O) groups excluding carboxylic acids is 1. The molecular formula is C14H16N2O4. The van der Waals surface area contributed by atoms with E-state index in [9.17, 15) is 19.8 Å². The molecule has 1 aromatic carbocycles. The van der Waals surface area contributed by atoms with Gasteiger partial charge in [0, 0.05) is 22.7 Å². The number of hydrogen-bond acceptors (Lipinski definition) is 4. The summed E-state index contributed by atoms with van der Waals surface area (Å²) in [5.74, 6) is -0.703. The number of H-pyrrole nitrogens is 1. The number of hydrogen-bond donors (Lipinski definition) is 4. The second-order valence-corrected chi connectivity index (χ2v) is 4.80. The van der Waals surface area contributed by atoms with E-state index in [4.69, 9.17) is 5.73 Å². The molecule has 2 aromatic rings. The van der Waals surface area contributed by atoms with Crippen LogP contribution in [-0.4, -0.2) is 27.2 Å². The van der Waals surface area contributed by atoms with E-state index < -0.39 is 18.1 Å². The van der Waals surface area contributed by atoms with Crippen molar-refractivity contribution < 1.29 is 15.0 Å². The van der Waals surface area contributed by atoms with Gasteiger partial charge in [0.05, 0.1) is 12.5 Å². The Morgan fingerprint density at radius 3 is 2.70 bits per heavy atom. The molecule has 0 aliphatic rings. The van der Waals surface area contributed by atoms with Crippen LogP contribution >= 0.6 is 0 Å². The van der Waals surface area contributed by atoms with Gasteiger partial charge in [0.1, 0.15) is 6.10 Å². The maximum Gasteiger partial charge on any atom is 0.220 e. The molecule has 6 nitrogen and oxygen atoms in total. The highest BCUT2D eigenvalue weighted by atomic mass is 16.3. The zero-order chi connectivity index (χ0) is 14.9. The van der Waals surface area contributed by atoms with Gasteiger partial charge in [-0.05, 0) is 24.6 Å². The maximum atomic E-state index is 11.9. The first-order valence-corrected chi connectivity index (χ1v) is 6.16. The number of amides is 1. The van der Waals surface area contributed by atoms with Crippen molar-refractivity contribution in [3.8, 4) is 0 Å². The number of carbonyl (C=O) groups is 1. The number of rotatable bonds is 4. The van der Waals surface area contributed by atoms with E-state index in [1.54, 1.807) is 19.1 Å². The largest absolute Gasteiger partial charge is 0.390 e. The van der Waals surface area contributed by atoms with E-state index in [2.05, 4.69) is 4.98 Å². The zero-order valence-electron chi connectivity index (χ0n) is 11.0. The number of aliphatic hydroxyl groups is 2. The summed E-state index contributed by atoms with van der Waals surface area (Å²) in [7, 11) is 0. The first kappa shape index (κ1) is 14.2. The highest BCUT2D eigenvalue weighted by Gasteiger charge is 2.20. The monoisotopic (exact) mass is 276 g/mol. The molecule has 0 fully saturated rings. The average Bonchev–Trinajstić information content (AvgIpc) is 2.36. The lowest BCUT2D eigenvalue weighted by molar-refractivity contribution is -0.121. The van der Waals surface area contributed by atoms with Gasteiger partial charge in [-0.2, -0.15) is 0 Å². The predicted octanol–water partition coefficient (Wildman–Crippen LogP) is 0.106. The molecular weight excluding hydrogens is 260 g/mol. The molecule has 2 rings (SSSR count). The van der Waals surface area contributed by atoms with Crippen LogP contribution < -0.4 is 11.2 Å². The van der Waals surface area contributed by atoms with Crippen molar-refractivity contribution in [2.75, 3.05) is 0 Å². The maximum absolute atomic E-state index is 11.9. The van der Waals surface area contributed by atoms with Crippen molar-refractivity contribution in [3.63, 3.8) is 0 Å². The molecule has 0 spiro atoms. The highest BCUT2D eigenvalue weighted by Crippen LogP contribution is 2.21. The Bertz CT molecular complexity index is 708. The molecule has 6 heteroatoms. The normalized spacial score (nSPS) is 14.2. The third kappa shape index (κ3) is 2.87. The number of primary amides is 1. The van der Waals surface area contributed by atoms with Gasteiger partial charge in [-0.1, -0.05) is 6.07 Å². The van der Waals surface area contributed by atoms with Crippen LogP contribution in [0.2, 0.25) is 0 Å². The van der Waals surface area contributed by atoms with Gasteiger partial charge in [-0.15, -0.1) is 0 Å². The van der Waals surface area contributed by atoms with Gasteiger partial charge in [0.2, 0.25) is 5.91 Å². The number of benzene rings is 1. The Labute approximate surface area is 114 Å². The minimum atomic E-state index is -1.30. The first-order chi connectivity index (χ1) is 9.38. The van der Waals surface area contributed by atoms with Crippen LogP contribution in [0.1, 0.15) is 23.8 Å². The van der Waals surface area contributed by atoms with Gasteiger partial charge in [-0.3, -0.25) is 9.59 Å². The Morgan fingerprint density at radius 2 is 2.05 bits per heavy atom. The summed E-state index contributed by atoms with van der Waals surface area (Å²) in [6.07, 6.45) is -2.91. The van der Waals surface area contributed by atoms with E-state index >= 15 is 0 Å². The number of fused-ring (bicyclic) bond motifs is 1. The second kappa shape index (κ2) is 5.44. The van der Waals surface area contributed by atoms with Gasteiger partial charge in [0.25, 0.3) is 0 Å². The zero-order valence-corrected chi connectivity index (χ0v) is 11.0. The first-order valence-electron chi connectivity index (χ1n) is 6.16. The number of aromatic amines is 1. The SMILES string of the molecule is Cc1cc(=O)c2cc(C(O)C(O)CC(N)=O)ccc2[nH]1. The van der Waals surface area contributed by atoms with Crippen LogP contribution in [0, 0.1) is 6.92 Å². The highest BCUT2D eigenvalue weighted by molar-refractivity contribution is 5.79. The Balaban J connectivity index is 2.41. The molecule has 20 heavy (non-hydrogen) atoms. The van der Waals surface area contributed by atoms with Gasteiger partial charge in [0.15, 0.2) is 5.43 Å². The third-order valence-corrected chi connectivity index (χ3v) is 3.10. The summed E-state index contributed by atoms with van der Waals surface area (Å²) in [6.45, 7) is 1.78. The van der Waals surface area contributed by atoms with E-state index in [1.807, 2.05) is 0 Å². The van der Waals surface area contributed by atoms with Crippen molar-refractivity contribution >= 4 is 16.8 Å². The molecule has 0 aliphatic carbocycles. The molecule has 0 saturated heterocycles. The smallest absolute Gasteiger partial charge is 0.220 e. The molecule has 106 valence electrons. The minimum Gasteiger partial charge on any atom is -0.390 e. The summed E-state index contributed by atoms with van der Waals surface area (Å²) >= 11 is 0. The van der Waals surface area contributed by atoms with Crippen molar-refractivity contribution in [3.05, 3.63) is 45.7 Å². The summed E-state index contributed by atoms with van der Waals surface area (Å²) in [4.78, 5) is 25.7. The fourth-order valence-corrected chi connectivity index (χ4v) is 2.12. The fourth-order valence-electron chi connectivity index (χ4n) is 2.12. The van der Waals surface area contributed by atoms with Crippen LogP contribution in [0.15, 0.2) is 29.1 Å². The molecule has 5 N–H and O–H groups in total. The third-order valence-electron chi connectivity index (χ3n) is 3.10. The lowest BCUT2D eigenvalue weighted by Crippen LogP contribution is -2.25. The molecule has 1 amide bonds. The Hall–Kier alpha value is -2.18.